The van der Waals surface area contributed by atoms with Crippen LogP contribution in [0.2, 0.25) is 10.0 Å². The second-order valence-corrected chi connectivity index (χ2v) is 10.1. The number of hydrogen-bond donors (Lipinski definition) is 1. The lowest BCUT2D eigenvalue weighted by Crippen LogP contribution is -2.45. The number of aromatic nitrogens is 2. The number of pyridine rings is 1. The summed E-state index contributed by atoms with van der Waals surface area (Å²) >= 11 is 13.9. The molecule has 0 radical (unpaired) electrons. The molecule has 3 aromatic rings. The molecule has 3 heterocycles. The Kier molecular flexibility index (Phi) is 7.24. The van der Waals surface area contributed by atoms with Gasteiger partial charge in [0, 0.05) is 24.5 Å². The molecular weight excluding hydrogens is 479 g/mol. The van der Waals surface area contributed by atoms with Gasteiger partial charge in [-0.15, -0.1) is 0 Å². The van der Waals surface area contributed by atoms with Gasteiger partial charge in [0.05, 0.1) is 44.9 Å². The number of nitrogens with one attached hydrogen (secondary N) is 1. The number of rotatable bonds is 5. The zero-order valence-corrected chi connectivity index (χ0v) is 21.3. The van der Waals surface area contributed by atoms with Crippen LogP contribution in [0, 0.1) is 13.8 Å². The Bertz CT molecular complexity index is 1150. The number of thiazole rings is 1. The average molecular weight is 505 g/mol. The highest BCUT2D eigenvalue weighted by Crippen LogP contribution is 2.36. The van der Waals surface area contributed by atoms with Crippen LogP contribution in [0.4, 0.5) is 5.13 Å². The van der Waals surface area contributed by atoms with E-state index in [1.54, 1.807) is 29.5 Å². The van der Waals surface area contributed by atoms with Crippen molar-refractivity contribution in [3.8, 4) is 10.4 Å². The maximum absolute atomic E-state index is 12.8. The lowest BCUT2D eigenvalue weighted by atomic mass is 10.1. The fraction of sp³-hybridized carbons (Fsp3) is 0.375. The van der Waals surface area contributed by atoms with Crippen molar-refractivity contribution in [2.75, 3.05) is 18.0 Å². The quantitative estimate of drug-likeness (QED) is 0.484. The Labute approximate surface area is 207 Å². The summed E-state index contributed by atoms with van der Waals surface area (Å²) in [5, 5.41) is 4.47. The van der Waals surface area contributed by atoms with Crippen LogP contribution < -0.4 is 10.2 Å². The normalized spacial score (nSPS) is 18.4. The van der Waals surface area contributed by atoms with Crippen molar-refractivity contribution >= 4 is 45.6 Å². The molecule has 1 N–H and O–H groups in total. The van der Waals surface area contributed by atoms with Gasteiger partial charge in [0.2, 0.25) is 0 Å². The first kappa shape index (κ1) is 24.0. The zero-order chi connectivity index (χ0) is 23.7. The Balaban J connectivity index is 1.65. The highest BCUT2D eigenvalue weighted by Gasteiger charge is 2.26. The van der Waals surface area contributed by atoms with Crippen molar-refractivity contribution in [3.63, 3.8) is 0 Å². The molecular formula is C24H26Cl2N4O2S. The molecule has 0 aliphatic carbocycles. The molecule has 1 fully saturated rings. The number of amides is 1. The van der Waals surface area contributed by atoms with E-state index < -0.39 is 0 Å². The minimum absolute atomic E-state index is 0.125. The van der Waals surface area contributed by atoms with E-state index in [9.17, 15) is 4.79 Å². The van der Waals surface area contributed by atoms with Crippen LogP contribution >= 0.6 is 34.5 Å². The minimum atomic E-state index is -0.293. The lowest BCUT2D eigenvalue weighted by Gasteiger charge is -2.35. The predicted molar refractivity (Wildman–Crippen MR) is 135 cm³/mol. The largest absolute Gasteiger partial charge is 0.372 e. The van der Waals surface area contributed by atoms with Crippen LogP contribution in [0.3, 0.4) is 0 Å². The third kappa shape index (κ3) is 5.49. The van der Waals surface area contributed by atoms with Crippen LogP contribution in [0.5, 0.6) is 0 Å². The van der Waals surface area contributed by atoms with Gasteiger partial charge in [0.1, 0.15) is 0 Å². The number of anilines is 1. The fourth-order valence-corrected chi connectivity index (χ4v) is 5.53. The van der Waals surface area contributed by atoms with Crippen molar-refractivity contribution in [2.24, 2.45) is 0 Å². The van der Waals surface area contributed by atoms with Gasteiger partial charge < -0.3 is 15.0 Å². The molecule has 0 spiro atoms. The van der Waals surface area contributed by atoms with E-state index in [0.29, 0.717) is 10.6 Å². The molecule has 0 unspecified atom stereocenters. The van der Waals surface area contributed by atoms with E-state index in [0.717, 1.165) is 45.7 Å². The van der Waals surface area contributed by atoms with Gasteiger partial charge in [0.15, 0.2) is 5.13 Å². The molecule has 1 amide bonds. The molecule has 1 aliphatic rings. The van der Waals surface area contributed by atoms with Gasteiger partial charge in [-0.25, -0.2) is 4.98 Å². The van der Waals surface area contributed by atoms with Crippen molar-refractivity contribution in [3.05, 3.63) is 63.0 Å². The van der Waals surface area contributed by atoms with Crippen LogP contribution in [0.1, 0.15) is 41.3 Å². The van der Waals surface area contributed by atoms with E-state index in [1.807, 2.05) is 26.0 Å². The standard InChI is InChI=1S/C24H26Cl2N4O2S/c1-13-8-17(9-14(2)28-13)22-20(10-27-23(31)18-6-5-7-19(25)21(18)26)29-24(33-22)30-11-15(3)32-16(4)12-30/h5-9,15-16H,10-12H2,1-4H3,(H,27,31)/t15-,16+. The summed E-state index contributed by atoms with van der Waals surface area (Å²) in [5.41, 5.74) is 4.07. The highest BCUT2D eigenvalue weighted by atomic mass is 35.5. The van der Waals surface area contributed by atoms with Crippen molar-refractivity contribution in [1.29, 1.82) is 0 Å². The van der Waals surface area contributed by atoms with Gasteiger partial charge in [-0.2, -0.15) is 0 Å². The maximum Gasteiger partial charge on any atom is 0.253 e. The average Bonchev–Trinajstić information content (AvgIpc) is 3.17. The Hall–Kier alpha value is -2.19. The van der Waals surface area contributed by atoms with Crippen LogP contribution in [-0.4, -0.2) is 41.2 Å². The summed E-state index contributed by atoms with van der Waals surface area (Å²) in [6.07, 6.45) is 0.249. The first-order valence-corrected chi connectivity index (χ1v) is 12.4. The third-order valence-electron chi connectivity index (χ3n) is 5.33. The molecule has 2 aromatic heterocycles. The molecule has 2 atom stereocenters. The Morgan fingerprint density at radius 2 is 1.82 bits per heavy atom. The molecule has 0 bridgehead atoms. The number of aryl methyl sites for hydroxylation is 2. The molecule has 0 saturated carbocycles. The molecule has 1 saturated heterocycles. The second-order valence-electron chi connectivity index (χ2n) is 8.36. The van der Waals surface area contributed by atoms with Gasteiger partial charge in [0.25, 0.3) is 5.91 Å². The van der Waals surface area contributed by atoms with E-state index in [1.165, 1.54) is 0 Å². The number of benzene rings is 1. The molecule has 6 nitrogen and oxygen atoms in total. The van der Waals surface area contributed by atoms with Crippen molar-refractivity contribution in [2.45, 2.75) is 46.4 Å². The maximum atomic E-state index is 12.8. The van der Waals surface area contributed by atoms with Gasteiger partial charge in [-0.1, -0.05) is 40.6 Å². The second kappa shape index (κ2) is 9.97. The Morgan fingerprint density at radius 3 is 2.48 bits per heavy atom. The number of carbonyl (C=O) groups excluding carboxylic acids is 1. The van der Waals surface area contributed by atoms with E-state index in [-0.39, 0.29) is 29.7 Å². The summed E-state index contributed by atoms with van der Waals surface area (Å²) in [6, 6.07) is 9.12. The minimum Gasteiger partial charge on any atom is -0.372 e. The van der Waals surface area contributed by atoms with Crippen LogP contribution in [0.15, 0.2) is 30.3 Å². The van der Waals surface area contributed by atoms with Crippen molar-refractivity contribution < 1.29 is 9.53 Å². The summed E-state index contributed by atoms with van der Waals surface area (Å²) < 4.78 is 5.89. The zero-order valence-electron chi connectivity index (χ0n) is 19.0. The summed E-state index contributed by atoms with van der Waals surface area (Å²) in [4.78, 5) is 25.5. The van der Waals surface area contributed by atoms with Gasteiger partial charge >= 0.3 is 0 Å². The number of nitrogens with zero attached hydrogens (tertiary/aromatic N) is 3. The number of halogens is 2. The molecule has 1 aliphatic heterocycles. The number of hydrogen-bond acceptors (Lipinski definition) is 6. The SMILES string of the molecule is Cc1cc(-c2sc(N3C[C@@H](C)O[C@@H](C)C3)nc2CNC(=O)c2cccc(Cl)c2Cl)cc(C)n1. The van der Waals surface area contributed by atoms with Gasteiger partial charge in [-0.05, 0) is 57.5 Å². The molecule has 1 aromatic carbocycles. The lowest BCUT2D eigenvalue weighted by molar-refractivity contribution is -0.00523. The van der Waals surface area contributed by atoms with Crippen LogP contribution in [-0.2, 0) is 11.3 Å². The molecule has 33 heavy (non-hydrogen) atoms. The summed E-state index contributed by atoms with van der Waals surface area (Å²) in [7, 11) is 0. The summed E-state index contributed by atoms with van der Waals surface area (Å²) in [5.74, 6) is -0.293. The van der Waals surface area contributed by atoms with Crippen LogP contribution in [0.25, 0.3) is 10.4 Å². The third-order valence-corrected chi connectivity index (χ3v) is 7.36. The number of morpholine rings is 1. The van der Waals surface area contributed by atoms with E-state index >= 15 is 0 Å². The smallest absolute Gasteiger partial charge is 0.253 e. The molecule has 9 heteroatoms. The van der Waals surface area contributed by atoms with Gasteiger partial charge in [-0.3, -0.25) is 9.78 Å². The fourth-order valence-electron chi connectivity index (χ4n) is 4.06. The number of carbonyl (C=O) groups is 1. The van der Waals surface area contributed by atoms with E-state index in [2.05, 4.69) is 29.0 Å². The Morgan fingerprint density at radius 1 is 1.15 bits per heavy atom. The monoisotopic (exact) mass is 504 g/mol. The van der Waals surface area contributed by atoms with E-state index in [4.69, 9.17) is 32.9 Å². The number of ether oxygens (including phenoxy) is 1. The first-order chi connectivity index (χ1) is 15.7. The predicted octanol–water partition coefficient (Wildman–Crippen LogP) is 5.67. The first-order valence-electron chi connectivity index (χ1n) is 10.8. The highest BCUT2D eigenvalue weighted by molar-refractivity contribution is 7.19. The summed E-state index contributed by atoms with van der Waals surface area (Å²) in [6.45, 7) is 9.92. The van der Waals surface area contributed by atoms with Crippen molar-refractivity contribution in [1.82, 2.24) is 15.3 Å². The molecule has 174 valence electrons. The topological polar surface area (TPSA) is 67.3 Å². The molecule has 4 rings (SSSR count).